The molecule has 2 aromatic heterocycles. The molecular weight excluding hydrogens is 398 g/mol. The first-order chi connectivity index (χ1) is 15.1. The highest BCUT2D eigenvalue weighted by Crippen LogP contribution is 2.34. The van der Waals surface area contributed by atoms with Crippen LogP contribution in [0.1, 0.15) is 21.8 Å². The van der Waals surface area contributed by atoms with Gasteiger partial charge in [-0.25, -0.2) is 0 Å². The average molecular weight is 417 g/mol. The Labute approximate surface area is 177 Å². The molecule has 0 saturated carbocycles. The summed E-state index contributed by atoms with van der Waals surface area (Å²) in [5.74, 6) is 0.313. The second-order valence-electron chi connectivity index (χ2n) is 7.35. The number of fused-ring (bicyclic) bond motifs is 2. The topological polar surface area (TPSA) is 113 Å². The minimum atomic E-state index is -0.865. The van der Waals surface area contributed by atoms with E-state index in [9.17, 15) is 9.59 Å². The van der Waals surface area contributed by atoms with Gasteiger partial charge in [-0.05, 0) is 11.6 Å². The SMILES string of the molecule is CN1C(=O)[C@@H](NC(=O)c2cc(Cc3ccccc3)on2)COc2cc3[nH]ncc3cc21. The fraction of sp³-hybridized carbons (Fsp3) is 0.182. The summed E-state index contributed by atoms with van der Waals surface area (Å²) in [6, 6.07) is 14.1. The van der Waals surface area contributed by atoms with Crippen molar-refractivity contribution in [3.05, 3.63) is 71.7 Å². The zero-order valence-corrected chi connectivity index (χ0v) is 16.7. The van der Waals surface area contributed by atoms with Crippen molar-refractivity contribution in [1.82, 2.24) is 20.7 Å². The summed E-state index contributed by atoms with van der Waals surface area (Å²) >= 11 is 0. The molecule has 0 unspecified atom stereocenters. The minimum Gasteiger partial charge on any atom is -0.489 e. The molecule has 0 spiro atoms. The average Bonchev–Trinajstić information content (AvgIpc) is 3.42. The maximum atomic E-state index is 13.0. The van der Waals surface area contributed by atoms with Crippen molar-refractivity contribution in [1.29, 1.82) is 0 Å². The van der Waals surface area contributed by atoms with Gasteiger partial charge in [0.1, 0.15) is 24.2 Å². The number of amides is 2. The third kappa shape index (κ3) is 3.61. The molecule has 0 saturated heterocycles. The number of hydrogen-bond acceptors (Lipinski definition) is 6. The predicted octanol–water partition coefficient (Wildman–Crippen LogP) is 2.30. The number of rotatable bonds is 4. The molecule has 2 N–H and O–H groups in total. The van der Waals surface area contributed by atoms with Crippen LogP contribution in [0, 0.1) is 0 Å². The molecule has 9 nitrogen and oxygen atoms in total. The van der Waals surface area contributed by atoms with Crippen molar-refractivity contribution < 1.29 is 18.8 Å². The molecule has 2 amide bonds. The van der Waals surface area contributed by atoms with Crippen LogP contribution in [-0.2, 0) is 11.2 Å². The summed E-state index contributed by atoms with van der Waals surface area (Å²) in [6.45, 7) is -0.00369. The van der Waals surface area contributed by atoms with Crippen LogP contribution in [0.15, 0.2) is 59.3 Å². The number of nitrogens with one attached hydrogen (secondary N) is 2. The molecule has 1 aliphatic rings. The van der Waals surface area contributed by atoms with E-state index in [1.54, 1.807) is 25.4 Å². The highest BCUT2D eigenvalue weighted by Gasteiger charge is 2.31. The second-order valence-corrected chi connectivity index (χ2v) is 7.35. The van der Waals surface area contributed by atoms with Gasteiger partial charge < -0.3 is 19.5 Å². The monoisotopic (exact) mass is 417 g/mol. The third-order valence-electron chi connectivity index (χ3n) is 5.23. The van der Waals surface area contributed by atoms with E-state index >= 15 is 0 Å². The summed E-state index contributed by atoms with van der Waals surface area (Å²) in [6.07, 6.45) is 2.20. The van der Waals surface area contributed by atoms with Gasteiger partial charge in [0.05, 0.1) is 17.4 Å². The maximum Gasteiger partial charge on any atom is 0.274 e. The molecule has 9 heteroatoms. The van der Waals surface area contributed by atoms with Crippen molar-refractivity contribution in [2.75, 3.05) is 18.6 Å². The van der Waals surface area contributed by atoms with Gasteiger partial charge in [-0.3, -0.25) is 14.7 Å². The van der Waals surface area contributed by atoms with Crippen molar-refractivity contribution in [2.24, 2.45) is 0 Å². The van der Waals surface area contributed by atoms with E-state index in [1.807, 2.05) is 36.4 Å². The van der Waals surface area contributed by atoms with Crippen LogP contribution in [0.2, 0.25) is 0 Å². The molecule has 0 radical (unpaired) electrons. The lowest BCUT2D eigenvalue weighted by molar-refractivity contribution is -0.120. The van der Waals surface area contributed by atoms with Crippen LogP contribution >= 0.6 is 0 Å². The summed E-state index contributed by atoms with van der Waals surface area (Å²) in [7, 11) is 1.65. The number of hydrogen-bond donors (Lipinski definition) is 2. The van der Waals surface area contributed by atoms with Crippen LogP contribution in [-0.4, -0.2) is 46.9 Å². The highest BCUT2D eigenvalue weighted by atomic mass is 16.5. The Bertz CT molecular complexity index is 1260. The molecule has 156 valence electrons. The first kappa shape index (κ1) is 18.9. The van der Waals surface area contributed by atoms with Gasteiger partial charge >= 0.3 is 0 Å². The molecule has 0 fully saturated rings. The number of aromatic amines is 1. The molecular formula is C22H19N5O4. The van der Waals surface area contributed by atoms with Gasteiger partial charge in [0.15, 0.2) is 5.69 Å². The van der Waals surface area contributed by atoms with Gasteiger partial charge in [0.25, 0.3) is 11.8 Å². The number of carbonyl (C=O) groups is 2. The minimum absolute atomic E-state index is 0.00369. The molecule has 2 aromatic carbocycles. The number of aromatic nitrogens is 3. The molecule has 31 heavy (non-hydrogen) atoms. The second kappa shape index (κ2) is 7.60. The number of nitrogens with zero attached hydrogens (tertiary/aromatic N) is 3. The fourth-order valence-corrected chi connectivity index (χ4v) is 3.57. The number of benzene rings is 2. The number of carbonyl (C=O) groups excluding carboxylic acids is 2. The van der Waals surface area contributed by atoms with Crippen LogP contribution in [0.4, 0.5) is 5.69 Å². The molecule has 5 rings (SSSR count). The van der Waals surface area contributed by atoms with Gasteiger partial charge in [0, 0.05) is 31.0 Å². The number of likely N-dealkylation sites (N-methyl/N-ethyl adjacent to an activating group) is 1. The Kier molecular flexibility index (Phi) is 4.62. The molecule has 3 heterocycles. The Morgan fingerprint density at radius 3 is 2.94 bits per heavy atom. The lowest BCUT2D eigenvalue weighted by Gasteiger charge is -2.20. The number of ether oxygens (including phenoxy) is 1. The first-order valence-corrected chi connectivity index (χ1v) is 9.76. The summed E-state index contributed by atoms with van der Waals surface area (Å²) in [4.78, 5) is 27.1. The maximum absolute atomic E-state index is 13.0. The normalized spacial score (nSPS) is 16.0. The Morgan fingerprint density at radius 1 is 1.26 bits per heavy atom. The largest absolute Gasteiger partial charge is 0.489 e. The summed E-state index contributed by atoms with van der Waals surface area (Å²) < 4.78 is 11.1. The van der Waals surface area contributed by atoms with Crippen molar-refractivity contribution in [2.45, 2.75) is 12.5 Å². The quantitative estimate of drug-likeness (QED) is 0.527. The summed E-state index contributed by atoms with van der Waals surface area (Å²) in [5.41, 5.74) is 2.57. The summed E-state index contributed by atoms with van der Waals surface area (Å²) in [5, 5.41) is 14.3. The van der Waals surface area contributed by atoms with Crippen molar-refractivity contribution >= 4 is 28.4 Å². The van der Waals surface area contributed by atoms with E-state index in [0.717, 1.165) is 16.5 Å². The van der Waals surface area contributed by atoms with Crippen molar-refractivity contribution in [3.63, 3.8) is 0 Å². The lowest BCUT2D eigenvalue weighted by atomic mass is 10.1. The van der Waals surface area contributed by atoms with E-state index in [4.69, 9.17) is 9.26 Å². The van der Waals surface area contributed by atoms with Gasteiger partial charge in [-0.15, -0.1) is 0 Å². The standard InChI is InChI=1S/C22H19N5O4/c1-27-19-8-14-11-23-25-16(14)10-20(19)30-12-18(22(27)29)24-21(28)17-9-15(31-26-17)7-13-5-3-2-4-6-13/h2-6,8-11,18H,7,12H2,1H3,(H,23,25)(H,24,28)/t18-/m0/s1. The first-order valence-electron chi connectivity index (χ1n) is 9.76. The molecule has 1 aliphatic heterocycles. The Hall–Kier alpha value is -4.14. The molecule has 1 atom stereocenters. The van der Waals surface area contributed by atoms with Crippen LogP contribution in [0.3, 0.4) is 0 Å². The molecule has 4 aromatic rings. The van der Waals surface area contributed by atoms with Gasteiger partial charge in [0.2, 0.25) is 0 Å². The van der Waals surface area contributed by atoms with E-state index in [-0.39, 0.29) is 18.2 Å². The fourth-order valence-electron chi connectivity index (χ4n) is 3.57. The zero-order valence-electron chi connectivity index (χ0n) is 16.7. The van der Waals surface area contributed by atoms with Gasteiger partial charge in [-0.2, -0.15) is 5.10 Å². The van der Waals surface area contributed by atoms with Crippen molar-refractivity contribution in [3.8, 4) is 5.75 Å². The Balaban J connectivity index is 1.31. The number of anilines is 1. The van der Waals surface area contributed by atoms with Gasteiger partial charge in [-0.1, -0.05) is 35.5 Å². The van der Waals surface area contributed by atoms with Crippen LogP contribution in [0.5, 0.6) is 5.75 Å². The zero-order chi connectivity index (χ0) is 21.4. The van der Waals surface area contributed by atoms with E-state index < -0.39 is 11.9 Å². The van der Waals surface area contributed by atoms with E-state index in [1.165, 1.54) is 4.90 Å². The predicted molar refractivity (Wildman–Crippen MR) is 112 cm³/mol. The third-order valence-corrected chi connectivity index (χ3v) is 5.23. The molecule has 0 bridgehead atoms. The van der Waals surface area contributed by atoms with E-state index in [0.29, 0.717) is 23.6 Å². The number of H-pyrrole nitrogens is 1. The Morgan fingerprint density at radius 2 is 2.10 bits per heavy atom. The van der Waals surface area contributed by atoms with Crippen LogP contribution < -0.4 is 15.0 Å². The molecule has 0 aliphatic carbocycles. The highest BCUT2D eigenvalue weighted by molar-refractivity contribution is 6.04. The van der Waals surface area contributed by atoms with E-state index in [2.05, 4.69) is 20.7 Å². The van der Waals surface area contributed by atoms with Crippen LogP contribution in [0.25, 0.3) is 10.9 Å². The lowest BCUT2D eigenvalue weighted by Crippen LogP contribution is -2.49. The smallest absolute Gasteiger partial charge is 0.274 e.